The van der Waals surface area contributed by atoms with Crippen LogP contribution in [0.5, 0.6) is 5.75 Å². The lowest BCUT2D eigenvalue weighted by Gasteiger charge is -2.36. The van der Waals surface area contributed by atoms with Gasteiger partial charge in [0.1, 0.15) is 23.4 Å². The number of likely N-dealkylation sites (N-methyl/N-ethyl adjacent to an activating group) is 1. The fourth-order valence-corrected chi connectivity index (χ4v) is 4.60. The molecule has 5 N–H and O–H groups in total. The molecule has 34 heavy (non-hydrogen) atoms. The van der Waals surface area contributed by atoms with Gasteiger partial charge in [-0.05, 0) is 25.2 Å². The van der Waals surface area contributed by atoms with Crippen LogP contribution in [0, 0.1) is 5.82 Å². The zero-order chi connectivity index (χ0) is 24.6. The molecule has 0 saturated heterocycles. The Hall–Kier alpha value is -3.05. The highest BCUT2D eigenvalue weighted by molar-refractivity contribution is 6.31. The van der Waals surface area contributed by atoms with Crippen LogP contribution in [0.25, 0.3) is 10.9 Å². The SMILES string of the molecule is COc1cc2ncnc(Nc3cccc(Cl)c3F)c2cc1CN(C)[C@]1(C(N)=O)C[C@@H](O)[C@@H](O)C1. The van der Waals surface area contributed by atoms with E-state index in [0.29, 0.717) is 28.0 Å². The molecule has 3 atom stereocenters. The summed E-state index contributed by atoms with van der Waals surface area (Å²) in [7, 11) is 3.21. The van der Waals surface area contributed by atoms with Gasteiger partial charge in [-0.2, -0.15) is 0 Å². The van der Waals surface area contributed by atoms with Crippen molar-refractivity contribution in [3.63, 3.8) is 0 Å². The molecular weight excluding hydrogens is 465 g/mol. The van der Waals surface area contributed by atoms with Crippen LogP contribution in [-0.2, 0) is 11.3 Å². The fraction of sp³-hybridized carbons (Fsp3) is 0.348. The second-order valence-electron chi connectivity index (χ2n) is 8.42. The number of hydrogen-bond acceptors (Lipinski definition) is 8. The number of aliphatic hydroxyl groups is 2. The lowest BCUT2D eigenvalue weighted by atomic mass is 9.93. The first kappa shape index (κ1) is 24.1. The number of nitrogens with one attached hydrogen (secondary N) is 1. The molecule has 1 fully saturated rings. The smallest absolute Gasteiger partial charge is 0.238 e. The first-order chi connectivity index (χ1) is 16.2. The Bertz CT molecular complexity index is 1230. The van der Waals surface area contributed by atoms with Crippen LogP contribution in [0.3, 0.4) is 0 Å². The van der Waals surface area contributed by atoms with Gasteiger partial charge >= 0.3 is 0 Å². The van der Waals surface area contributed by atoms with Crippen molar-refractivity contribution in [2.24, 2.45) is 5.73 Å². The number of benzene rings is 2. The normalized spacial score (nSPS) is 22.3. The molecule has 1 aliphatic carbocycles. The number of aliphatic hydroxyl groups excluding tert-OH is 2. The maximum atomic E-state index is 14.5. The zero-order valence-electron chi connectivity index (χ0n) is 18.6. The number of aromatic nitrogens is 2. The summed E-state index contributed by atoms with van der Waals surface area (Å²) in [6.45, 7) is 0.210. The summed E-state index contributed by atoms with van der Waals surface area (Å²) in [6.07, 6.45) is -0.725. The highest BCUT2D eigenvalue weighted by Gasteiger charge is 2.51. The second-order valence-corrected chi connectivity index (χ2v) is 8.83. The molecule has 9 nitrogen and oxygen atoms in total. The quantitative estimate of drug-likeness (QED) is 0.397. The predicted molar refractivity (Wildman–Crippen MR) is 125 cm³/mol. The van der Waals surface area contributed by atoms with Gasteiger partial charge in [0.15, 0.2) is 5.82 Å². The average Bonchev–Trinajstić information content (AvgIpc) is 3.12. The van der Waals surface area contributed by atoms with Crippen molar-refractivity contribution in [2.75, 3.05) is 19.5 Å². The maximum Gasteiger partial charge on any atom is 0.238 e. The third kappa shape index (κ3) is 4.25. The molecule has 180 valence electrons. The van der Waals surface area contributed by atoms with Crippen molar-refractivity contribution < 1.29 is 24.1 Å². The van der Waals surface area contributed by atoms with Crippen molar-refractivity contribution >= 4 is 39.9 Å². The lowest BCUT2D eigenvalue weighted by Crippen LogP contribution is -2.54. The summed E-state index contributed by atoms with van der Waals surface area (Å²) in [5.41, 5.74) is 5.86. The van der Waals surface area contributed by atoms with Crippen molar-refractivity contribution in [1.82, 2.24) is 14.9 Å². The van der Waals surface area contributed by atoms with Crippen LogP contribution in [0.2, 0.25) is 5.02 Å². The number of rotatable bonds is 7. The number of fused-ring (bicyclic) bond motifs is 1. The zero-order valence-corrected chi connectivity index (χ0v) is 19.4. The molecule has 1 amide bonds. The van der Waals surface area contributed by atoms with Gasteiger partial charge in [0, 0.05) is 36.4 Å². The number of ether oxygens (including phenoxy) is 1. The number of methoxy groups -OCH3 is 1. The van der Waals surface area contributed by atoms with Gasteiger partial charge in [-0.3, -0.25) is 9.69 Å². The van der Waals surface area contributed by atoms with Gasteiger partial charge in [-0.1, -0.05) is 17.7 Å². The van der Waals surface area contributed by atoms with E-state index in [1.807, 2.05) is 0 Å². The number of carbonyl (C=O) groups is 1. The molecule has 3 aromatic rings. The third-order valence-corrected chi connectivity index (χ3v) is 6.67. The van der Waals surface area contributed by atoms with E-state index in [0.717, 1.165) is 0 Å². The molecule has 0 bridgehead atoms. The first-order valence-electron chi connectivity index (χ1n) is 10.6. The van der Waals surface area contributed by atoms with Crippen molar-refractivity contribution in [2.45, 2.75) is 37.1 Å². The molecule has 11 heteroatoms. The van der Waals surface area contributed by atoms with Crippen LogP contribution in [0.15, 0.2) is 36.7 Å². The minimum absolute atomic E-state index is 0.0137. The van der Waals surface area contributed by atoms with Gasteiger partial charge < -0.3 is 26.0 Å². The topological polar surface area (TPSA) is 134 Å². The molecule has 1 aromatic heterocycles. The molecule has 1 heterocycles. The van der Waals surface area contributed by atoms with Gasteiger partial charge in [0.25, 0.3) is 0 Å². The molecule has 0 spiro atoms. The largest absolute Gasteiger partial charge is 0.496 e. The molecule has 1 saturated carbocycles. The number of anilines is 2. The highest BCUT2D eigenvalue weighted by atomic mass is 35.5. The first-order valence-corrected chi connectivity index (χ1v) is 10.9. The predicted octanol–water partition coefficient (Wildman–Crippen LogP) is 2.35. The Morgan fingerprint density at radius 2 is 2.03 bits per heavy atom. The second kappa shape index (κ2) is 9.30. The number of carbonyl (C=O) groups excluding carboxylic acids is 1. The summed E-state index contributed by atoms with van der Waals surface area (Å²) in [6, 6.07) is 8.11. The summed E-state index contributed by atoms with van der Waals surface area (Å²) >= 11 is 5.90. The van der Waals surface area contributed by atoms with Gasteiger partial charge in [0.2, 0.25) is 5.91 Å². The minimum Gasteiger partial charge on any atom is -0.496 e. The molecule has 2 aromatic carbocycles. The van der Waals surface area contributed by atoms with E-state index in [1.165, 1.54) is 19.5 Å². The Morgan fingerprint density at radius 3 is 2.68 bits per heavy atom. The summed E-state index contributed by atoms with van der Waals surface area (Å²) in [4.78, 5) is 22.6. The van der Waals surface area contributed by atoms with Crippen LogP contribution in [0.4, 0.5) is 15.9 Å². The number of amides is 1. The van der Waals surface area contributed by atoms with Crippen molar-refractivity contribution in [1.29, 1.82) is 0 Å². The number of halogens is 2. The lowest BCUT2D eigenvalue weighted by molar-refractivity contribution is -0.130. The van der Waals surface area contributed by atoms with E-state index in [4.69, 9.17) is 22.1 Å². The Kier molecular flexibility index (Phi) is 6.59. The van der Waals surface area contributed by atoms with Gasteiger partial charge in [0.05, 0.1) is 35.5 Å². The van der Waals surface area contributed by atoms with Crippen molar-refractivity contribution in [3.05, 3.63) is 53.1 Å². The number of primary amides is 1. The van der Waals surface area contributed by atoms with Crippen LogP contribution in [-0.4, -0.2) is 62.9 Å². The van der Waals surface area contributed by atoms with Gasteiger partial charge in [-0.25, -0.2) is 14.4 Å². The Morgan fingerprint density at radius 1 is 1.32 bits per heavy atom. The van der Waals surface area contributed by atoms with Crippen LogP contribution < -0.4 is 15.8 Å². The van der Waals surface area contributed by atoms with Gasteiger partial charge in [-0.15, -0.1) is 0 Å². The van der Waals surface area contributed by atoms with E-state index in [1.54, 1.807) is 36.2 Å². The third-order valence-electron chi connectivity index (χ3n) is 6.38. The van der Waals surface area contributed by atoms with Crippen LogP contribution in [0.1, 0.15) is 18.4 Å². The Labute approximate surface area is 200 Å². The van der Waals surface area contributed by atoms with E-state index >= 15 is 0 Å². The maximum absolute atomic E-state index is 14.5. The number of nitrogens with zero attached hydrogens (tertiary/aromatic N) is 3. The number of hydrogen-bond donors (Lipinski definition) is 4. The number of nitrogens with two attached hydrogens (primary N) is 1. The van der Waals surface area contributed by atoms with Crippen molar-refractivity contribution in [3.8, 4) is 5.75 Å². The van der Waals surface area contributed by atoms with E-state index in [9.17, 15) is 19.4 Å². The standard InChI is InChI=1S/C23H25ClFN5O4/c1-30(23(22(26)33)8-17(31)18(32)9-23)10-12-6-13-16(7-19(12)34-2)27-11-28-21(13)29-15-5-3-4-14(24)20(15)25/h3-7,11,17-18,31-32H,8-10H2,1-2H3,(H2,26,33)(H,27,28,29)/t17-,18+,23-. The monoisotopic (exact) mass is 489 g/mol. The Balaban J connectivity index is 1.73. The molecular formula is C23H25ClFN5O4. The minimum atomic E-state index is -1.23. The highest BCUT2D eigenvalue weighted by Crippen LogP contribution is 2.38. The summed E-state index contributed by atoms with van der Waals surface area (Å²) in [5.74, 6) is -0.371. The van der Waals surface area contributed by atoms with E-state index in [2.05, 4.69) is 15.3 Å². The fourth-order valence-electron chi connectivity index (χ4n) is 4.43. The van der Waals surface area contributed by atoms with E-state index < -0.39 is 29.5 Å². The molecule has 1 aliphatic rings. The molecule has 4 rings (SSSR count). The average molecular weight is 490 g/mol. The molecule has 0 radical (unpaired) electrons. The van der Waals surface area contributed by atoms with Crippen LogP contribution >= 0.6 is 11.6 Å². The van der Waals surface area contributed by atoms with E-state index in [-0.39, 0.29) is 30.1 Å². The molecule has 0 aliphatic heterocycles. The molecule has 0 unspecified atom stereocenters. The summed E-state index contributed by atoms with van der Waals surface area (Å²) < 4.78 is 20.0. The summed E-state index contributed by atoms with van der Waals surface area (Å²) in [5, 5.41) is 23.7.